The number of nitrogens with zero attached hydrogens (tertiary/aromatic N) is 2. The number of nitriles is 1. The summed E-state index contributed by atoms with van der Waals surface area (Å²) in [5, 5.41) is 9.86. The predicted octanol–water partition coefficient (Wildman–Crippen LogP) is 3.17. The average Bonchev–Trinajstić information content (AvgIpc) is 2.54. The lowest BCUT2D eigenvalue weighted by Crippen LogP contribution is -2.40. The maximum atomic E-state index is 9.86. The fourth-order valence-electron chi connectivity index (χ4n) is 3.81. The molecule has 0 aromatic carbocycles. The summed E-state index contributed by atoms with van der Waals surface area (Å²) >= 11 is 0. The molecule has 0 unspecified atom stereocenters. The second kappa shape index (κ2) is 6.49. The normalized spacial score (nSPS) is 20.0. The summed E-state index contributed by atoms with van der Waals surface area (Å²) < 4.78 is 6.02. The number of hydrogen-bond acceptors (Lipinski definition) is 3. The second-order valence-corrected chi connectivity index (χ2v) is 7.42. The van der Waals surface area contributed by atoms with E-state index in [1.54, 1.807) is 0 Å². The average molecular weight is 314 g/mol. The minimum atomic E-state index is -0.192. The standard InChI is InChI=1S/C19H27N3O/c1-4-8-17-16-13-23-19(2,3)11-14(16)15(12-20)18(21-17)22-9-6-5-7-10-22/h4-11,13H2,1-3H3/p+1. The molecule has 0 aliphatic carbocycles. The first-order valence-electron chi connectivity index (χ1n) is 8.94. The highest BCUT2D eigenvalue weighted by Crippen LogP contribution is 2.34. The van der Waals surface area contributed by atoms with Crippen LogP contribution in [0.4, 0.5) is 5.82 Å². The molecule has 1 saturated heterocycles. The smallest absolute Gasteiger partial charge is 0.293 e. The molecule has 2 aliphatic heterocycles. The molecule has 0 bridgehead atoms. The van der Waals surface area contributed by atoms with E-state index in [2.05, 4.69) is 36.7 Å². The zero-order valence-corrected chi connectivity index (χ0v) is 14.7. The van der Waals surface area contributed by atoms with Gasteiger partial charge in [0, 0.05) is 18.4 Å². The van der Waals surface area contributed by atoms with Crippen molar-refractivity contribution in [2.24, 2.45) is 0 Å². The molecule has 23 heavy (non-hydrogen) atoms. The number of hydrogen-bond donors (Lipinski definition) is 0. The fourth-order valence-corrected chi connectivity index (χ4v) is 3.81. The molecule has 0 atom stereocenters. The first-order valence-corrected chi connectivity index (χ1v) is 8.94. The van der Waals surface area contributed by atoms with Gasteiger partial charge in [0.2, 0.25) is 0 Å². The van der Waals surface area contributed by atoms with Gasteiger partial charge in [-0.25, -0.2) is 4.98 Å². The summed E-state index contributed by atoms with van der Waals surface area (Å²) in [5.74, 6) is 1.05. The topological polar surface area (TPSA) is 50.4 Å². The van der Waals surface area contributed by atoms with Gasteiger partial charge in [-0.15, -0.1) is 0 Å². The van der Waals surface area contributed by atoms with E-state index < -0.39 is 0 Å². The molecule has 1 aromatic heterocycles. The summed E-state index contributed by atoms with van der Waals surface area (Å²) in [4.78, 5) is 5.99. The van der Waals surface area contributed by atoms with Gasteiger partial charge < -0.3 is 4.74 Å². The molecule has 0 spiro atoms. The Morgan fingerprint density at radius 1 is 1.22 bits per heavy atom. The Balaban J connectivity index is 2.12. The van der Waals surface area contributed by atoms with Crippen LogP contribution in [0.1, 0.15) is 68.8 Å². The van der Waals surface area contributed by atoms with E-state index in [1.807, 2.05) is 0 Å². The first kappa shape index (κ1) is 16.3. The van der Waals surface area contributed by atoms with Crippen molar-refractivity contribution in [3.8, 4) is 6.07 Å². The van der Waals surface area contributed by atoms with E-state index in [9.17, 15) is 5.26 Å². The molecule has 1 aromatic rings. The van der Waals surface area contributed by atoms with Crippen LogP contribution in [0.25, 0.3) is 0 Å². The number of fused-ring (bicyclic) bond motifs is 1. The highest BCUT2D eigenvalue weighted by Gasteiger charge is 2.35. The third kappa shape index (κ3) is 3.21. The summed E-state index contributed by atoms with van der Waals surface area (Å²) in [7, 11) is 0. The number of rotatable bonds is 3. The molecular formula is C19H28N3O+. The van der Waals surface area contributed by atoms with Crippen molar-refractivity contribution in [1.29, 1.82) is 5.26 Å². The Hall–Kier alpha value is -1.60. The maximum Gasteiger partial charge on any atom is 0.293 e. The first-order chi connectivity index (χ1) is 11.1. The van der Waals surface area contributed by atoms with E-state index in [0.717, 1.165) is 43.7 Å². The third-order valence-corrected chi connectivity index (χ3v) is 5.03. The molecule has 4 heteroatoms. The molecule has 2 aliphatic rings. The van der Waals surface area contributed by atoms with E-state index in [-0.39, 0.29) is 5.60 Å². The summed E-state index contributed by atoms with van der Waals surface area (Å²) in [6.07, 6.45) is 6.65. The van der Waals surface area contributed by atoms with Crippen molar-refractivity contribution >= 4 is 5.82 Å². The van der Waals surface area contributed by atoms with Crippen LogP contribution in [0.2, 0.25) is 0 Å². The summed E-state index contributed by atoms with van der Waals surface area (Å²) in [6.45, 7) is 9.16. The zero-order chi connectivity index (χ0) is 16.4. The SMILES string of the molecule is CCCc1[nH+]c(N2CCCCC2)c(C#N)c2c1COC(C)(C)C2. The van der Waals surface area contributed by atoms with Gasteiger partial charge in [-0.05, 0) is 45.1 Å². The van der Waals surface area contributed by atoms with Gasteiger partial charge in [0.25, 0.3) is 5.82 Å². The molecule has 1 fully saturated rings. The van der Waals surface area contributed by atoms with Gasteiger partial charge in [-0.1, -0.05) is 6.92 Å². The van der Waals surface area contributed by atoms with Crippen molar-refractivity contribution in [1.82, 2.24) is 0 Å². The lowest BCUT2D eigenvalue weighted by molar-refractivity contribution is -0.378. The van der Waals surface area contributed by atoms with E-state index >= 15 is 0 Å². The van der Waals surface area contributed by atoms with Crippen LogP contribution < -0.4 is 9.88 Å². The van der Waals surface area contributed by atoms with Gasteiger partial charge in [-0.3, -0.25) is 4.90 Å². The van der Waals surface area contributed by atoms with Crippen LogP contribution in [0.15, 0.2) is 0 Å². The van der Waals surface area contributed by atoms with Gasteiger partial charge in [0.15, 0.2) is 0 Å². The number of anilines is 1. The highest BCUT2D eigenvalue weighted by atomic mass is 16.5. The number of aromatic nitrogens is 1. The van der Waals surface area contributed by atoms with Crippen LogP contribution in [-0.2, 0) is 24.2 Å². The number of aryl methyl sites for hydroxylation is 1. The molecule has 0 amide bonds. The van der Waals surface area contributed by atoms with Crippen LogP contribution in [0.3, 0.4) is 0 Å². The number of nitrogens with one attached hydrogen (secondary N) is 1. The number of piperidine rings is 1. The predicted molar refractivity (Wildman–Crippen MR) is 90.3 cm³/mol. The van der Waals surface area contributed by atoms with E-state index in [0.29, 0.717) is 6.61 Å². The van der Waals surface area contributed by atoms with Crippen LogP contribution >= 0.6 is 0 Å². The van der Waals surface area contributed by atoms with Crippen LogP contribution in [0, 0.1) is 11.3 Å². The van der Waals surface area contributed by atoms with Gasteiger partial charge in [-0.2, -0.15) is 5.26 Å². The molecule has 3 rings (SSSR count). The second-order valence-electron chi connectivity index (χ2n) is 7.42. The number of aromatic amines is 1. The fraction of sp³-hybridized carbons (Fsp3) is 0.684. The highest BCUT2D eigenvalue weighted by molar-refractivity contribution is 5.58. The Labute approximate surface area is 139 Å². The largest absolute Gasteiger partial charge is 0.370 e. The summed E-state index contributed by atoms with van der Waals surface area (Å²) in [6, 6.07) is 2.50. The Morgan fingerprint density at radius 2 is 1.96 bits per heavy atom. The zero-order valence-electron chi connectivity index (χ0n) is 14.7. The van der Waals surface area contributed by atoms with Crippen LogP contribution in [0.5, 0.6) is 0 Å². The maximum absolute atomic E-state index is 9.86. The van der Waals surface area contributed by atoms with Crippen molar-refractivity contribution in [2.75, 3.05) is 18.0 Å². The Bertz CT molecular complexity index is 624. The molecule has 4 nitrogen and oxygen atoms in total. The van der Waals surface area contributed by atoms with Crippen LogP contribution in [-0.4, -0.2) is 18.7 Å². The molecule has 0 saturated carbocycles. The Morgan fingerprint density at radius 3 is 2.61 bits per heavy atom. The molecule has 0 radical (unpaired) electrons. The minimum absolute atomic E-state index is 0.192. The van der Waals surface area contributed by atoms with Gasteiger partial charge >= 0.3 is 0 Å². The van der Waals surface area contributed by atoms with E-state index in [1.165, 1.54) is 36.1 Å². The number of H-pyrrole nitrogens is 1. The van der Waals surface area contributed by atoms with Crippen molar-refractivity contribution in [3.05, 3.63) is 22.4 Å². The Kier molecular flexibility index (Phi) is 4.59. The van der Waals surface area contributed by atoms with Crippen molar-refractivity contribution < 1.29 is 9.72 Å². The lowest BCUT2D eigenvalue weighted by atomic mass is 9.87. The quantitative estimate of drug-likeness (QED) is 0.861. The van der Waals surface area contributed by atoms with Gasteiger partial charge in [0.1, 0.15) is 17.3 Å². The van der Waals surface area contributed by atoms with Gasteiger partial charge in [0.05, 0.1) is 25.3 Å². The minimum Gasteiger partial charge on any atom is -0.370 e. The monoisotopic (exact) mass is 314 g/mol. The van der Waals surface area contributed by atoms with E-state index in [4.69, 9.17) is 4.74 Å². The molecule has 1 N–H and O–H groups in total. The van der Waals surface area contributed by atoms with Crippen molar-refractivity contribution in [3.63, 3.8) is 0 Å². The molecule has 124 valence electrons. The number of ether oxygens (including phenoxy) is 1. The lowest BCUT2D eigenvalue weighted by Gasteiger charge is -2.33. The van der Waals surface area contributed by atoms with Crippen molar-refractivity contribution in [2.45, 2.75) is 71.5 Å². The molecular weight excluding hydrogens is 286 g/mol. The third-order valence-electron chi connectivity index (χ3n) is 5.03. The summed E-state index contributed by atoms with van der Waals surface area (Å²) in [5.41, 5.74) is 4.36. The molecule has 3 heterocycles. The number of pyridine rings is 1.